The number of phenolic OH excluding ortho intramolecular Hbond substituents is 1. The Bertz CT molecular complexity index is 1240. The molecule has 1 aliphatic rings. The van der Waals surface area contributed by atoms with E-state index in [0.717, 1.165) is 16.7 Å². The first-order valence-electron chi connectivity index (χ1n) is 10.0. The third-order valence-corrected chi connectivity index (χ3v) is 7.49. The fourth-order valence-corrected chi connectivity index (χ4v) is 5.12. The Balaban J connectivity index is 1.56. The number of nitrogens with zero attached hydrogens (tertiary/aromatic N) is 1. The fourth-order valence-electron chi connectivity index (χ4n) is 3.88. The molecule has 2 N–H and O–H groups in total. The Hall–Kier alpha value is -3.32. The van der Waals surface area contributed by atoms with Crippen molar-refractivity contribution in [2.45, 2.75) is 30.7 Å². The topological polar surface area (TPSA) is 86.7 Å². The Labute approximate surface area is 182 Å². The number of aryl methyl sites for hydroxylation is 1. The molecule has 1 amide bonds. The summed E-state index contributed by atoms with van der Waals surface area (Å²) in [6.07, 6.45) is 1.37. The zero-order valence-corrected chi connectivity index (χ0v) is 18.2. The number of amides is 1. The second-order valence-corrected chi connectivity index (χ2v) is 9.71. The lowest BCUT2D eigenvalue weighted by atomic mass is 10.1. The van der Waals surface area contributed by atoms with Crippen LogP contribution >= 0.6 is 0 Å². The predicted molar refractivity (Wildman–Crippen MR) is 120 cm³/mol. The highest BCUT2D eigenvalue weighted by molar-refractivity contribution is 7.92. The first-order valence-corrected chi connectivity index (χ1v) is 11.5. The van der Waals surface area contributed by atoms with E-state index in [2.05, 4.69) is 5.32 Å². The van der Waals surface area contributed by atoms with Gasteiger partial charge in [0.2, 0.25) is 0 Å². The molecule has 0 fully saturated rings. The van der Waals surface area contributed by atoms with Gasteiger partial charge >= 0.3 is 0 Å². The molecule has 0 bridgehead atoms. The van der Waals surface area contributed by atoms with Crippen molar-refractivity contribution in [2.24, 2.45) is 0 Å². The van der Waals surface area contributed by atoms with Gasteiger partial charge in [0.15, 0.2) is 0 Å². The van der Waals surface area contributed by atoms with Crippen molar-refractivity contribution in [3.8, 4) is 5.75 Å². The molecule has 160 valence electrons. The van der Waals surface area contributed by atoms with Crippen molar-refractivity contribution in [1.29, 1.82) is 0 Å². The highest BCUT2D eigenvalue weighted by atomic mass is 32.2. The van der Waals surface area contributed by atoms with E-state index in [1.165, 1.54) is 23.5 Å². The van der Waals surface area contributed by atoms with Crippen LogP contribution < -0.4 is 9.62 Å². The number of sulfonamides is 1. The summed E-state index contributed by atoms with van der Waals surface area (Å²) in [6.45, 7) is 1.93. The minimum Gasteiger partial charge on any atom is -0.508 e. The van der Waals surface area contributed by atoms with Gasteiger partial charge in [-0.2, -0.15) is 0 Å². The summed E-state index contributed by atoms with van der Waals surface area (Å²) in [5.74, 6) is -0.113. The van der Waals surface area contributed by atoms with E-state index in [1.807, 2.05) is 25.1 Å². The van der Waals surface area contributed by atoms with Crippen LogP contribution in [0.15, 0.2) is 71.6 Å². The summed E-state index contributed by atoms with van der Waals surface area (Å²) in [5, 5.41) is 13.0. The molecule has 3 aromatic rings. The molecule has 0 heterocycles. The normalized spacial score (nSPS) is 15.4. The van der Waals surface area contributed by atoms with Gasteiger partial charge in [0.1, 0.15) is 5.75 Å². The van der Waals surface area contributed by atoms with Gasteiger partial charge in [-0.3, -0.25) is 9.10 Å². The smallest absolute Gasteiger partial charge is 0.264 e. The van der Waals surface area contributed by atoms with E-state index in [1.54, 1.807) is 36.4 Å². The summed E-state index contributed by atoms with van der Waals surface area (Å²) in [5.41, 5.74) is 3.60. The van der Waals surface area contributed by atoms with Gasteiger partial charge in [-0.15, -0.1) is 0 Å². The maximum absolute atomic E-state index is 13.1. The van der Waals surface area contributed by atoms with Crippen LogP contribution in [-0.2, 0) is 16.4 Å². The molecular weight excluding hydrogens is 412 g/mol. The second-order valence-electron chi connectivity index (χ2n) is 7.75. The molecule has 6 nitrogen and oxygen atoms in total. The van der Waals surface area contributed by atoms with Crippen molar-refractivity contribution in [1.82, 2.24) is 5.32 Å². The maximum atomic E-state index is 13.1. The lowest BCUT2D eigenvalue weighted by molar-refractivity contribution is 0.0936. The molecule has 7 heteroatoms. The summed E-state index contributed by atoms with van der Waals surface area (Å²) >= 11 is 0. The number of carbonyl (C=O) groups is 1. The summed E-state index contributed by atoms with van der Waals surface area (Å²) in [6, 6.07) is 18.3. The third kappa shape index (κ3) is 4.01. The molecule has 4 rings (SSSR count). The number of benzene rings is 3. The van der Waals surface area contributed by atoms with Crippen LogP contribution in [0.3, 0.4) is 0 Å². The van der Waals surface area contributed by atoms with E-state index in [-0.39, 0.29) is 28.2 Å². The summed E-state index contributed by atoms with van der Waals surface area (Å²) in [7, 11) is -2.33. The average molecular weight is 437 g/mol. The van der Waals surface area contributed by atoms with Gasteiger partial charge in [0, 0.05) is 12.6 Å². The molecule has 0 spiro atoms. The molecule has 0 saturated carbocycles. The average Bonchev–Trinajstić information content (AvgIpc) is 3.18. The molecule has 0 radical (unpaired) electrons. The monoisotopic (exact) mass is 436 g/mol. The lowest BCUT2D eigenvalue weighted by Crippen LogP contribution is -2.29. The minimum absolute atomic E-state index is 0.0488. The Kier molecular flexibility index (Phi) is 5.45. The Morgan fingerprint density at radius 2 is 1.77 bits per heavy atom. The number of nitrogens with one attached hydrogen (secondary N) is 1. The van der Waals surface area contributed by atoms with E-state index in [0.29, 0.717) is 18.5 Å². The van der Waals surface area contributed by atoms with Crippen molar-refractivity contribution in [3.63, 3.8) is 0 Å². The number of anilines is 1. The highest BCUT2D eigenvalue weighted by Gasteiger charge is 2.27. The van der Waals surface area contributed by atoms with Crippen LogP contribution in [0.5, 0.6) is 5.75 Å². The lowest BCUT2D eigenvalue weighted by Gasteiger charge is -2.20. The standard InChI is InChI=1S/C24H24N2O4S/c1-16-9-11-18(12-10-16)26(2)31(29,30)19-6-3-5-17(15-19)24(28)25-22-14-13-21-20(22)7-4-8-23(21)27/h3-12,15,22,27H,13-14H2,1-2H3,(H,25,28). The fraction of sp³-hybridized carbons (Fsp3) is 0.208. The van der Waals surface area contributed by atoms with Gasteiger partial charge < -0.3 is 10.4 Å². The van der Waals surface area contributed by atoms with Crippen LogP contribution in [0.25, 0.3) is 0 Å². The number of hydrogen-bond acceptors (Lipinski definition) is 4. The molecule has 0 aliphatic heterocycles. The van der Waals surface area contributed by atoms with Crippen molar-refractivity contribution in [2.75, 3.05) is 11.4 Å². The molecule has 0 saturated heterocycles. The van der Waals surface area contributed by atoms with Crippen LogP contribution in [0.2, 0.25) is 0 Å². The third-order valence-electron chi connectivity index (χ3n) is 5.70. The first-order chi connectivity index (χ1) is 14.8. The molecule has 0 aromatic heterocycles. The van der Waals surface area contributed by atoms with Crippen LogP contribution in [-0.4, -0.2) is 26.5 Å². The molecule has 1 unspecified atom stereocenters. The Morgan fingerprint density at radius 1 is 1.06 bits per heavy atom. The quantitative estimate of drug-likeness (QED) is 0.634. The second kappa shape index (κ2) is 8.07. The maximum Gasteiger partial charge on any atom is 0.264 e. The zero-order chi connectivity index (χ0) is 22.2. The van der Waals surface area contributed by atoms with E-state index >= 15 is 0 Å². The van der Waals surface area contributed by atoms with Gasteiger partial charge in [0.25, 0.3) is 15.9 Å². The minimum atomic E-state index is -3.82. The van der Waals surface area contributed by atoms with E-state index in [4.69, 9.17) is 0 Å². The molecule has 31 heavy (non-hydrogen) atoms. The largest absolute Gasteiger partial charge is 0.508 e. The van der Waals surface area contributed by atoms with Gasteiger partial charge in [-0.05, 0) is 67.3 Å². The molecule has 3 aromatic carbocycles. The number of rotatable bonds is 5. The van der Waals surface area contributed by atoms with Crippen LogP contribution in [0, 0.1) is 6.92 Å². The number of carbonyl (C=O) groups excluding carboxylic acids is 1. The molecule has 1 aliphatic carbocycles. The molecular formula is C24H24N2O4S. The van der Waals surface area contributed by atoms with Crippen molar-refractivity contribution < 1.29 is 18.3 Å². The summed E-state index contributed by atoms with van der Waals surface area (Å²) < 4.78 is 27.4. The predicted octanol–water partition coefficient (Wildman–Crippen LogP) is 3.94. The first kappa shape index (κ1) is 20.9. The van der Waals surface area contributed by atoms with Crippen molar-refractivity contribution in [3.05, 3.63) is 89.0 Å². The molecule has 1 atom stereocenters. The van der Waals surface area contributed by atoms with E-state index < -0.39 is 10.0 Å². The van der Waals surface area contributed by atoms with Gasteiger partial charge in [0.05, 0.1) is 16.6 Å². The van der Waals surface area contributed by atoms with Crippen LogP contribution in [0.1, 0.15) is 39.5 Å². The van der Waals surface area contributed by atoms with Crippen LogP contribution in [0.4, 0.5) is 5.69 Å². The zero-order valence-electron chi connectivity index (χ0n) is 17.4. The van der Waals surface area contributed by atoms with Gasteiger partial charge in [-0.1, -0.05) is 35.9 Å². The number of phenols is 1. The Morgan fingerprint density at radius 3 is 2.52 bits per heavy atom. The van der Waals surface area contributed by atoms with Gasteiger partial charge in [-0.25, -0.2) is 8.42 Å². The number of hydrogen-bond donors (Lipinski definition) is 2. The summed E-state index contributed by atoms with van der Waals surface area (Å²) in [4.78, 5) is 12.9. The highest BCUT2D eigenvalue weighted by Crippen LogP contribution is 2.36. The SMILES string of the molecule is Cc1ccc(N(C)S(=O)(=O)c2cccc(C(=O)NC3CCc4c(O)cccc43)c2)cc1. The number of fused-ring (bicyclic) bond motifs is 1. The van der Waals surface area contributed by atoms with Crippen molar-refractivity contribution >= 4 is 21.6 Å². The number of aromatic hydroxyl groups is 1. The van der Waals surface area contributed by atoms with E-state index in [9.17, 15) is 18.3 Å².